The normalized spacial score (nSPS) is 29.4. The second kappa shape index (κ2) is 5.13. The Bertz CT molecular complexity index is 166. The lowest BCUT2D eigenvalue weighted by Gasteiger charge is -2.28. The summed E-state index contributed by atoms with van der Waals surface area (Å²) in [5.41, 5.74) is 0. The zero-order valence-electron chi connectivity index (χ0n) is 9.47. The van der Waals surface area contributed by atoms with E-state index in [-0.39, 0.29) is 0 Å². The molecule has 2 heteroatoms. The molecule has 1 unspecified atom stereocenters. The first-order valence-corrected chi connectivity index (χ1v) is 6.34. The van der Waals surface area contributed by atoms with Crippen molar-refractivity contribution in [3.63, 3.8) is 0 Å². The largest absolute Gasteiger partial charge is 0.314 e. The van der Waals surface area contributed by atoms with Crippen molar-refractivity contribution in [1.29, 1.82) is 0 Å². The van der Waals surface area contributed by atoms with Crippen LogP contribution >= 0.6 is 0 Å². The van der Waals surface area contributed by atoms with Crippen LogP contribution in [0, 0.1) is 5.92 Å². The van der Waals surface area contributed by atoms with E-state index in [4.69, 9.17) is 0 Å². The standard InChI is InChI=1S/C12H24N2/c1-2-7-14-8-6-11(10-14)9-13-12-4-3-5-12/h11-13H,2-10H2,1H3. The predicted octanol–water partition coefficient (Wildman–Crippen LogP) is 1.86. The van der Waals surface area contributed by atoms with Crippen molar-refractivity contribution in [2.75, 3.05) is 26.2 Å². The third kappa shape index (κ3) is 2.71. The quantitative estimate of drug-likeness (QED) is 0.722. The second-order valence-electron chi connectivity index (χ2n) is 4.99. The molecule has 2 nitrogen and oxygen atoms in total. The van der Waals surface area contributed by atoms with Crippen LogP contribution in [0.3, 0.4) is 0 Å². The monoisotopic (exact) mass is 196 g/mol. The van der Waals surface area contributed by atoms with Crippen molar-refractivity contribution in [2.45, 2.75) is 45.1 Å². The molecule has 0 aromatic heterocycles. The first kappa shape index (κ1) is 10.4. The lowest BCUT2D eigenvalue weighted by molar-refractivity contribution is 0.297. The van der Waals surface area contributed by atoms with Crippen molar-refractivity contribution in [2.24, 2.45) is 5.92 Å². The summed E-state index contributed by atoms with van der Waals surface area (Å²) in [4.78, 5) is 2.62. The second-order valence-corrected chi connectivity index (χ2v) is 4.99. The van der Waals surface area contributed by atoms with E-state index >= 15 is 0 Å². The van der Waals surface area contributed by atoms with E-state index in [1.807, 2.05) is 0 Å². The molecule has 2 aliphatic rings. The topological polar surface area (TPSA) is 15.3 Å². The molecule has 2 fully saturated rings. The molecule has 1 saturated heterocycles. The number of hydrogen-bond donors (Lipinski definition) is 1. The molecular weight excluding hydrogens is 172 g/mol. The molecule has 1 saturated carbocycles. The fourth-order valence-corrected chi connectivity index (χ4v) is 2.54. The molecule has 1 atom stereocenters. The van der Waals surface area contributed by atoms with Gasteiger partial charge in [-0.25, -0.2) is 0 Å². The lowest BCUT2D eigenvalue weighted by Crippen LogP contribution is -2.38. The minimum atomic E-state index is 0.871. The van der Waals surface area contributed by atoms with E-state index in [1.54, 1.807) is 0 Å². The van der Waals surface area contributed by atoms with Gasteiger partial charge in [0.25, 0.3) is 0 Å². The summed E-state index contributed by atoms with van der Waals surface area (Å²) in [5, 5.41) is 3.70. The average Bonchev–Trinajstić information content (AvgIpc) is 2.51. The van der Waals surface area contributed by atoms with Gasteiger partial charge in [-0.05, 0) is 51.2 Å². The Kier molecular flexibility index (Phi) is 3.82. The highest BCUT2D eigenvalue weighted by Crippen LogP contribution is 2.20. The Balaban J connectivity index is 1.58. The average molecular weight is 196 g/mol. The summed E-state index contributed by atoms with van der Waals surface area (Å²) in [6.45, 7) is 7.53. The van der Waals surface area contributed by atoms with Crippen molar-refractivity contribution < 1.29 is 0 Å². The Morgan fingerprint density at radius 1 is 1.29 bits per heavy atom. The number of nitrogens with one attached hydrogen (secondary N) is 1. The van der Waals surface area contributed by atoms with E-state index in [0.29, 0.717) is 0 Å². The third-order valence-corrected chi connectivity index (χ3v) is 3.71. The fraction of sp³-hybridized carbons (Fsp3) is 1.00. The van der Waals surface area contributed by atoms with Gasteiger partial charge in [0.1, 0.15) is 0 Å². The molecule has 0 bridgehead atoms. The lowest BCUT2D eigenvalue weighted by atomic mass is 9.92. The van der Waals surface area contributed by atoms with Crippen LogP contribution in [0.2, 0.25) is 0 Å². The number of hydrogen-bond acceptors (Lipinski definition) is 2. The van der Waals surface area contributed by atoms with Crippen molar-refractivity contribution in [3.8, 4) is 0 Å². The molecule has 1 aliphatic carbocycles. The van der Waals surface area contributed by atoms with E-state index in [2.05, 4.69) is 17.1 Å². The maximum absolute atomic E-state index is 3.70. The van der Waals surface area contributed by atoms with Crippen molar-refractivity contribution >= 4 is 0 Å². The summed E-state index contributed by atoms with van der Waals surface area (Å²) < 4.78 is 0. The highest BCUT2D eigenvalue weighted by molar-refractivity contribution is 4.81. The summed E-state index contributed by atoms with van der Waals surface area (Å²) in [6.07, 6.45) is 7.02. The molecule has 1 N–H and O–H groups in total. The fourth-order valence-electron chi connectivity index (χ4n) is 2.54. The van der Waals surface area contributed by atoms with Crippen molar-refractivity contribution in [1.82, 2.24) is 10.2 Å². The third-order valence-electron chi connectivity index (χ3n) is 3.71. The van der Waals surface area contributed by atoms with Gasteiger partial charge in [-0.15, -0.1) is 0 Å². The molecule has 1 heterocycles. The van der Waals surface area contributed by atoms with Crippen LogP contribution in [0.15, 0.2) is 0 Å². The van der Waals surface area contributed by atoms with Gasteiger partial charge < -0.3 is 10.2 Å². The minimum Gasteiger partial charge on any atom is -0.314 e. The van der Waals surface area contributed by atoms with Gasteiger partial charge in [-0.1, -0.05) is 13.3 Å². The summed E-state index contributed by atoms with van der Waals surface area (Å²) >= 11 is 0. The highest BCUT2D eigenvalue weighted by atomic mass is 15.1. The summed E-state index contributed by atoms with van der Waals surface area (Å²) in [5.74, 6) is 0.933. The van der Waals surface area contributed by atoms with Crippen LogP contribution in [0.4, 0.5) is 0 Å². The van der Waals surface area contributed by atoms with Gasteiger partial charge in [0.2, 0.25) is 0 Å². The zero-order valence-corrected chi connectivity index (χ0v) is 9.47. The molecule has 1 aliphatic heterocycles. The molecule has 14 heavy (non-hydrogen) atoms. The van der Waals surface area contributed by atoms with Gasteiger partial charge in [0.05, 0.1) is 0 Å². The Hall–Kier alpha value is -0.0800. The Morgan fingerprint density at radius 2 is 2.14 bits per heavy atom. The van der Waals surface area contributed by atoms with E-state index in [0.717, 1.165) is 12.0 Å². The first-order valence-electron chi connectivity index (χ1n) is 6.34. The molecule has 0 radical (unpaired) electrons. The minimum absolute atomic E-state index is 0.871. The van der Waals surface area contributed by atoms with Crippen LogP contribution in [-0.2, 0) is 0 Å². The van der Waals surface area contributed by atoms with Crippen LogP contribution in [-0.4, -0.2) is 37.1 Å². The van der Waals surface area contributed by atoms with Gasteiger partial charge >= 0.3 is 0 Å². The molecule has 0 aromatic rings. The van der Waals surface area contributed by atoms with Crippen LogP contribution < -0.4 is 5.32 Å². The molecule has 2 rings (SSSR count). The Morgan fingerprint density at radius 3 is 2.79 bits per heavy atom. The number of likely N-dealkylation sites (tertiary alicyclic amines) is 1. The SMILES string of the molecule is CCCN1CCC(CNC2CCC2)C1. The zero-order chi connectivity index (χ0) is 9.80. The van der Waals surface area contributed by atoms with Crippen LogP contribution in [0.5, 0.6) is 0 Å². The molecule has 0 amide bonds. The molecular formula is C12H24N2. The molecule has 82 valence electrons. The number of nitrogens with zero attached hydrogens (tertiary/aromatic N) is 1. The van der Waals surface area contributed by atoms with E-state index < -0.39 is 0 Å². The van der Waals surface area contributed by atoms with Crippen LogP contribution in [0.25, 0.3) is 0 Å². The van der Waals surface area contributed by atoms with Gasteiger partial charge in [-0.2, -0.15) is 0 Å². The first-order chi connectivity index (χ1) is 6.88. The highest BCUT2D eigenvalue weighted by Gasteiger charge is 2.23. The maximum Gasteiger partial charge on any atom is 0.00672 e. The molecule has 0 spiro atoms. The van der Waals surface area contributed by atoms with Gasteiger partial charge in [0.15, 0.2) is 0 Å². The van der Waals surface area contributed by atoms with E-state index in [1.165, 1.54) is 58.3 Å². The van der Waals surface area contributed by atoms with E-state index in [9.17, 15) is 0 Å². The maximum atomic E-state index is 3.70. The van der Waals surface area contributed by atoms with Gasteiger partial charge in [-0.3, -0.25) is 0 Å². The van der Waals surface area contributed by atoms with Gasteiger partial charge in [0, 0.05) is 12.6 Å². The summed E-state index contributed by atoms with van der Waals surface area (Å²) in [6, 6.07) is 0.871. The predicted molar refractivity (Wildman–Crippen MR) is 60.5 cm³/mol. The summed E-state index contributed by atoms with van der Waals surface area (Å²) in [7, 11) is 0. The molecule has 0 aromatic carbocycles. The van der Waals surface area contributed by atoms with Crippen LogP contribution in [0.1, 0.15) is 39.0 Å². The van der Waals surface area contributed by atoms with Crippen molar-refractivity contribution in [3.05, 3.63) is 0 Å². The Labute approximate surface area is 88.1 Å². The smallest absolute Gasteiger partial charge is 0.00672 e. The number of rotatable bonds is 5.